The van der Waals surface area contributed by atoms with E-state index in [9.17, 15) is 17.6 Å². The van der Waals surface area contributed by atoms with Gasteiger partial charge in [0.05, 0.1) is 0 Å². The normalized spacial score (nSPS) is 12.9. The van der Waals surface area contributed by atoms with Crippen molar-refractivity contribution in [3.63, 3.8) is 0 Å². The van der Waals surface area contributed by atoms with E-state index in [1.165, 1.54) is 37.3 Å². The zero-order valence-corrected chi connectivity index (χ0v) is 12.9. The van der Waals surface area contributed by atoms with Crippen molar-refractivity contribution in [2.45, 2.75) is 16.4 Å². The van der Waals surface area contributed by atoms with Crippen molar-refractivity contribution in [2.75, 3.05) is 6.54 Å². The highest BCUT2D eigenvalue weighted by atomic mass is 32.2. The molecule has 0 aliphatic heterocycles. The predicted octanol–water partition coefficient (Wildman–Crippen LogP) is 2.54. The highest BCUT2D eigenvalue weighted by Crippen LogP contribution is 2.31. The van der Waals surface area contributed by atoms with Gasteiger partial charge in [0, 0.05) is 13.5 Å². The number of hydrogen-bond donors (Lipinski definition) is 1. The van der Waals surface area contributed by atoms with E-state index in [2.05, 4.69) is 5.32 Å². The van der Waals surface area contributed by atoms with Gasteiger partial charge in [-0.15, -0.1) is 11.3 Å². The highest BCUT2D eigenvalue weighted by molar-refractivity contribution is 7.93. The minimum Gasteiger partial charge on any atom is -0.355 e. The number of halogens is 1. The van der Waals surface area contributed by atoms with E-state index in [1.807, 2.05) is 0 Å². The molecule has 1 amide bonds. The monoisotopic (exact) mass is 327 g/mol. The summed E-state index contributed by atoms with van der Waals surface area (Å²) in [7, 11) is -3.64. The lowest BCUT2D eigenvalue weighted by Crippen LogP contribution is -2.30. The first-order valence-electron chi connectivity index (χ1n) is 6.18. The Hall–Kier alpha value is -1.73. The summed E-state index contributed by atoms with van der Waals surface area (Å²) in [5.41, 5.74) is 0.443. The maximum atomic E-state index is 13.0. The number of amides is 1. The SMILES string of the molecule is CC(=O)NC[C@@H](c1ccc(F)cc1)S(=O)(=O)c1cccs1. The number of carbonyl (C=O) groups excluding carboxylic acids is 1. The summed E-state index contributed by atoms with van der Waals surface area (Å²) in [4.78, 5) is 11.1. The number of nitrogens with one attached hydrogen (secondary N) is 1. The van der Waals surface area contributed by atoms with Gasteiger partial charge in [-0.25, -0.2) is 12.8 Å². The molecular weight excluding hydrogens is 313 g/mol. The molecule has 2 aromatic rings. The van der Waals surface area contributed by atoms with Crippen LogP contribution >= 0.6 is 11.3 Å². The van der Waals surface area contributed by atoms with Crippen molar-refractivity contribution < 1.29 is 17.6 Å². The van der Waals surface area contributed by atoms with E-state index in [-0.39, 0.29) is 16.7 Å². The van der Waals surface area contributed by atoms with E-state index >= 15 is 0 Å². The van der Waals surface area contributed by atoms with Gasteiger partial charge in [-0.3, -0.25) is 4.79 Å². The molecule has 0 spiro atoms. The first kappa shape index (κ1) is 15.7. The smallest absolute Gasteiger partial charge is 0.216 e. The molecule has 1 atom stereocenters. The second-order valence-electron chi connectivity index (χ2n) is 4.45. The molecule has 7 heteroatoms. The standard InChI is InChI=1S/C14H14FNO3S2/c1-10(17)16-9-13(11-4-6-12(15)7-5-11)21(18,19)14-3-2-8-20-14/h2-8,13H,9H2,1H3,(H,16,17)/t13-/m0/s1. The highest BCUT2D eigenvalue weighted by Gasteiger charge is 2.30. The second kappa shape index (κ2) is 6.36. The van der Waals surface area contributed by atoms with Gasteiger partial charge >= 0.3 is 0 Å². The Labute approximate surface area is 126 Å². The summed E-state index contributed by atoms with van der Waals surface area (Å²) in [6.07, 6.45) is 0. The molecule has 112 valence electrons. The lowest BCUT2D eigenvalue weighted by Gasteiger charge is -2.17. The molecule has 0 unspecified atom stereocenters. The number of hydrogen-bond acceptors (Lipinski definition) is 4. The summed E-state index contributed by atoms with van der Waals surface area (Å²) in [5.74, 6) is -0.756. The van der Waals surface area contributed by atoms with Gasteiger partial charge in [-0.1, -0.05) is 18.2 Å². The average Bonchev–Trinajstić information content (AvgIpc) is 2.95. The van der Waals surface area contributed by atoms with Crippen molar-refractivity contribution in [3.8, 4) is 0 Å². The third-order valence-electron chi connectivity index (χ3n) is 2.93. The fourth-order valence-corrected chi connectivity index (χ4v) is 4.75. The summed E-state index contributed by atoms with van der Waals surface area (Å²) in [5, 5.41) is 3.25. The van der Waals surface area contributed by atoms with Crippen molar-refractivity contribution >= 4 is 27.1 Å². The van der Waals surface area contributed by atoms with Crippen LogP contribution in [0.15, 0.2) is 46.0 Å². The van der Waals surface area contributed by atoms with E-state index in [0.717, 1.165) is 11.3 Å². The minimum absolute atomic E-state index is 0.0544. The van der Waals surface area contributed by atoms with Crippen molar-refractivity contribution in [3.05, 3.63) is 53.2 Å². The first-order chi connectivity index (χ1) is 9.91. The lowest BCUT2D eigenvalue weighted by atomic mass is 10.1. The van der Waals surface area contributed by atoms with Gasteiger partial charge in [-0.05, 0) is 29.1 Å². The maximum Gasteiger partial charge on any atom is 0.216 e. The molecule has 1 aromatic heterocycles. The molecule has 0 aliphatic carbocycles. The molecule has 0 fully saturated rings. The van der Waals surface area contributed by atoms with Crippen LogP contribution in [0.5, 0.6) is 0 Å². The molecule has 0 saturated carbocycles. The Morgan fingerprint density at radius 1 is 1.29 bits per heavy atom. The Balaban J connectivity index is 2.41. The number of benzene rings is 1. The molecule has 0 aliphatic rings. The zero-order chi connectivity index (χ0) is 15.5. The van der Waals surface area contributed by atoms with Gasteiger partial charge < -0.3 is 5.32 Å². The maximum absolute atomic E-state index is 13.0. The molecule has 21 heavy (non-hydrogen) atoms. The first-order valence-corrected chi connectivity index (χ1v) is 8.61. The quantitative estimate of drug-likeness (QED) is 0.918. The van der Waals surface area contributed by atoms with Crippen LogP contribution in [0, 0.1) is 5.82 Å². The lowest BCUT2D eigenvalue weighted by molar-refractivity contribution is -0.118. The summed E-state index contributed by atoms with van der Waals surface area (Å²) >= 11 is 1.12. The van der Waals surface area contributed by atoms with Crippen LogP contribution in [0.2, 0.25) is 0 Å². The van der Waals surface area contributed by atoms with Crippen LogP contribution in [-0.4, -0.2) is 20.9 Å². The number of rotatable bonds is 5. The van der Waals surface area contributed by atoms with Gasteiger partial charge in [0.15, 0.2) is 9.84 Å². The Morgan fingerprint density at radius 3 is 2.48 bits per heavy atom. The van der Waals surface area contributed by atoms with E-state index < -0.39 is 20.9 Å². The van der Waals surface area contributed by atoms with Gasteiger partial charge in [0.2, 0.25) is 5.91 Å². The van der Waals surface area contributed by atoms with Crippen molar-refractivity contribution in [1.82, 2.24) is 5.32 Å². The minimum atomic E-state index is -3.64. The number of carbonyl (C=O) groups is 1. The van der Waals surface area contributed by atoms with Crippen LogP contribution in [0.3, 0.4) is 0 Å². The molecule has 1 N–H and O–H groups in total. The van der Waals surface area contributed by atoms with Gasteiger partial charge in [-0.2, -0.15) is 0 Å². The fraction of sp³-hybridized carbons (Fsp3) is 0.214. The topological polar surface area (TPSA) is 63.2 Å². The molecule has 2 rings (SSSR count). The second-order valence-corrected chi connectivity index (χ2v) is 7.76. The Morgan fingerprint density at radius 2 is 1.95 bits per heavy atom. The average molecular weight is 327 g/mol. The Bertz CT molecular complexity index is 709. The molecular formula is C14H14FNO3S2. The fourth-order valence-electron chi connectivity index (χ4n) is 1.89. The molecule has 0 bridgehead atoms. The summed E-state index contributed by atoms with van der Waals surface area (Å²) in [6.45, 7) is 1.26. The van der Waals surface area contributed by atoms with Gasteiger partial charge in [0.1, 0.15) is 15.3 Å². The van der Waals surface area contributed by atoms with E-state index in [1.54, 1.807) is 11.4 Å². The molecule has 4 nitrogen and oxygen atoms in total. The third kappa shape index (κ3) is 3.68. The Kier molecular flexibility index (Phi) is 4.74. The largest absolute Gasteiger partial charge is 0.355 e. The summed E-state index contributed by atoms with van der Waals surface area (Å²) < 4.78 is 38.6. The van der Waals surface area contributed by atoms with E-state index in [4.69, 9.17) is 0 Å². The van der Waals surface area contributed by atoms with Gasteiger partial charge in [0.25, 0.3) is 0 Å². The molecule has 0 radical (unpaired) electrons. The van der Waals surface area contributed by atoms with Crippen molar-refractivity contribution in [1.29, 1.82) is 0 Å². The van der Waals surface area contributed by atoms with Crippen LogP contribution in [0.4, 0.5) is 4.39 Å². The molecule has 0 saturated heterocycles. The van der Waals surface area contributed by atoms with E-state index in [0.29, 0.717) is 5.56 Å². The number of thiophene rings is 1. The van der Waals surface area contributed by atoms with Crippen LogP contribution in [0.25, 0.3) is 0 Å². The van der Waals surface area contributed by atoms with Crippen LogP contribution in [-0.2, 0) is 14.6 Å². The molecule has 1 aromatic carbocycles. The zero-order valence-electron chi connectivity index (χ0n) is 11.2. The third-order valence-corrected chi connectivity index (χ3v) is 6.46. The summed E-state index contributed by atoms with van der Waals surface area (Å²) in [6, 6.07) is 8.43. The van der Waals surface area contributed by atoms with Crippen LogP contribution < -0.4 is 5.32 Å². The van der Waals surface area contributed by atoms with Crippen LogP contribution in [0.1, 0.15) is 17.7 Å². The predicted molar refractivity (Wildman–Crippen MR) is 79.3 cm³/mol. The van der Waals surface area contributed by atoms with Crippen molar-refractivity contribution in [2.24, 2.45) is 0 Å². The molecule has 1 heterocycles. The number of sulfone groups is 1.